The third-order valence-electron chi connectivity index (χ3n) is 3.96. The van der Waals surface area contributed by atoms with Gasteiger partial charge >= 0.3 is 0 Å². The van der Waals surface area contributed by atoms with Crippen LogP contribution in [-0.2, 0) is 4.74 Å². The first kappa shape index (κ1) is 11.9. The SMILES string of the molecule is CCCC1CC(C#N)(N2CCCC2)CCO1. The standard InChI is InChI=1S/C13H22N2O/c1-2-5-12-10-13(11-14,6-9-16-12)15-7-3-4-8-15/h12H,2-10H2,1H3. The van der Waals surface area contributed by atoms with Crippen LogP contribution in [0.25, 0.3) is 0 Å². The van der Waals surface area contributed by atoms with Crippen molar-refractivity contribution in [3.8, 4) is 6.07 Å². The van der Waals surface area contributed by atoms with Gasteiger partial charge in [0.05, 0.1) is 12.2 Å². The zero-order chi connectivity index (χ0) is 11.4. The van der Waals surface area contributed by atoms with Gasteiger partial charge in [0.15, 0.2) is 0 Å². The van der Waals surface area contributed by atoms with Crippen LogP contribution in [0, 0.1) is 11.3 Å². The number of ether oxygens (including phenoxy) is 1. The van der Waals surface area contributed by atoms with Gasteiger partial charge in [-0.05, 0) is 32.4 Å². The van der Waals surface area contributed by atoms with Crippen molar-refractivity contribution < 1.29 is 4.74 Å². The molecule has 0 N–H and O–H groups in total. The van der Waals surface area contributed by atoms with Crippen molar-refractivity contribution in [3.05, 3.63) is 0 Å². The Labute approximate surface area is 98.4 Å². The first-order valence-corrected chi connectivity index (χ1v) is 6.58. The third kappa shape index (κ3) is 2.23. The summed E-state index contributed by atoms with van der Waals surface area (Å²) >= 11 is 0. The summed E-state index contributed by atoms with van der Waals surface area (Å²) in [5.74, 6) is 0. The monoisotopic (exact) mass is 222 g/mol. The van der Waals surface area contributed by atoms with Gasteiger partial charge < -0.3 is 4.74 Å². The van der Waals surface area contributed by atoms with E-state index in [1.165, 1.54) is 12.8 Å². The number of rotatable bonds is 3. The van der Waals surface area contributed by atoms with Crippen molar-refractivity contribution in [1.82, 2.24) is 4.90 Å². The minimum atomic E-state index is -0.214. The van der Waals surface area contributed by atoms with E-state index in [0.29, 0.717) is 6.10 Å². The van der Waals surface area contributed by atoms with Gasteiger partial charge in [-0.3, -0.25) is 4.90 Å². The van der Waals surface area contributed by atoms with Crippen LogP contribution < -0.4 is 0 Å². The Hall–Kier alpha value is -0.590. The maximum absolute atomic E-state index is 9.54. The van der Waals surface area contributed by atoms with Crippen molar-refractivity contribution in [1.29, 1.82) is 5.26 Å². The van der Waals surface area contributed by atoms with Crippen LogP contribution in [0.15, 0.2) is 0 Å². The van der Waals surface area contributed by atoms with Gasteiger partial charge in [-0.15, -0.1) is 0 Å². The minimum absolute atomic E-state index is 0.214. The molecule has 0 aromatic rings. The molecular formula is C13H22N2O. The molecule has 2 rings (SSSR count). The highest BCUT2D eigenvalue weighted by Gasteiger charge is 2.42. The molecule has 0 amide bonds. The molecule has 2 fully saturated rings. The number of nitriles is 1. The molecule has 2 aliphatic rings. The molecule has 3 heteroatoms. The second kappa shape index (κ2) is 5.16. The predicted molar refractivity (Wildman–Crippen MR) is 63.0 cm³/mol. The number of hydrogen-bond acceptors (Lipinski definition) is 3. The summed E-state index contributed by atoms with van der Waals surface area (Å²) in [5.41, 5.74) is -0.214. The molecule has 0 radical (unpaired) electrons. The number of likely N-dealkylation sites (tertiary alicyclic amines) is 1. The Morgan fingerprint density at radius 2 is 2.19 bits per heavy atom. The fraction of sp³-hybridized carbons (Fsp3) is 0.923. The Bertz CT molecular complexity index is 266. The van der Waals surface area contributed by atoms with Gasteiger partial charge in [0.1, 0.15) is 5.54 Å². The van der Waals surface area contributed by atoms with Crippen LogP contribution in [0.1, 0.15) is 45.4 Å². The number of hydrogen-bond donors (Lipinski definition) is 0. The Kier molecular flexibility index (Phi) is 3.83. The fourth-order valence-corrected chi connectivity index (χ4v) is 3.04. The molecule has 2 saturated heterocycles. The van der Waals surface area contributed by atoms with E-state index in [2.05, 4.69) is 17.9 Å². The van der Waals surface area contributed by atoms with E-state index in [4.69, 9.17) is 4.74 Å². The van der Waals surface area contributed by atoms with Crippen LogP contribution in [0.2, 0.25) is 0 Å². The lowest BCUT2D eigenvalue weighted by atomic mass is 9.85. The highest BCUT2D eigenvalue weighted by atomic mass is 16.5. The van der Waals surface area contributed by atoms with Gasteiger partial charge in [-0.25, -0.2) is 0 Å². The van der Waals surface area contributed by atoms with Crippen molar-refractivity contribution >= 4 is 0 Å². The van der Waals surface area contributed by atoms with Crippen LogP contribution in [-0.4, -0.2) is 36.2 Å². The van der Waals surface area contributed by atoms with E-state index in [1.54, 1.807) is 0 Å². The summed E-state index contributed by atoms with van der Waals surface area (Å²) in [5, 5.41) is 9.54. The third-order valence-corrected chi connectivity index (χ3v) is 3.96. The van der Waals surface area contributed by atoms with Gasteiger partial charge in [0.25, 0.3) is 0 Å². The Morgan fingerprint density at radius 1 is 1.44 bits per heavy atom. The highest BCUT2D eigenvalue weighted by molar-refractivity contribution is 5.11. The summed E-state index contributed by atoms with van der Waals surface area (Å²) < 4.78 is 5.76. The van der Waals surface area contributed by atoms with Gasteiger partial charge in [-0.2, -0.15) is 5.26 Å². The second-order valence-corrected chi connectivity index (χ2v) is 5.07. The zero-order valence-corrected chi connectivity index (χ0v) is 10.2. The first-order chi connectivity index (χ1) is 7.80. The molecule has 2 aliphatic heterocycles. The van der Waals surface area contributed by atoms with E-state index in [1.807, 2.05) is 0 Å². The van der Waals surface area contributed by atoms with E-state index >= 15 is 0 Å². The lowest BCUT2D eigenvalue weighted by Crippen LogP contribution is -2.52. The van der Waals surface area contributed by atoms with Crippen molar-refractivity contribution in [2.45, 2.75) is 57.1 Å². The summed E-state index contributed by atoms with van der Waals surface area (Å²) in [7, 11) is 0. The fourth-order valence-electron chi connectivity index (χ4n) is 3.04. The molecule has 3 nitrogen and oxygen atoms in total. The Balaban J connectivity index is 2.05. The molecule has 0 saturated carbocycles. The van der Waals surface area contributed by atoms with Crippen molar-refractivity contribution in [2.75, 3.05) is 19.7 Å². The molecule has 0 bridgehead atoms. The average Bonchev–Trinajstić information content (AvgIpc) is 2.84. The maximum atomic E-state index is 9.54. The van der Waals surface area contributed by atoms with Gasteiger partial charge in [0.2, 0.25) is 0 Å². The molecular weight excluding hydrogens is 200 g/mol. The maximum Gasteiger partial charge on any atom is 0.113 e. The normalized spacial score (nSPS) is 36.1. The smallest absolute Gasteiger partial charge is 0.113 e. The lowest BCUT2D eigenvalue weighted by Gasteiger charge is -2.42. The Morgan fingerprint density at radius 3 is 2.81 bits per heavy atom. The molecule has 2 atom stereocenters. The van der Waals surface area contributed by atoms with E-state index in [-0.39, 0.29) is 5.54 Å². The first-order valence-electron chi connectivity index (χ1n) is 6.58. The molecule has 16 heavy (non-hydrogen) atoms. The lowest BCUT2D eigenvalue weighted by molar-refractivity contribution is -0.0499. The van der Waals surface area contributed by atoms with Gasteiger partial charge in [-0.1, -0.05) is 13.3 Å². The van der Waals surface area contributed by atoms with Crippen molar-refractivity contribution in [3.63, 3.8) is 0 Å². The van der Waals surface area contributed by atoms with Crippen molar-refractivity contribution in [2.24, 2.45) is 0 Å². The summed E-state index contributed by atoms with van der Waals surface area (Å²) in [6, 6.07) is 2.59. The largest absolute Gasteiger partial charge is 0.378 e. The van der Waals surface area contributed by atoms with Crippen LogP contribution in [0.4, 0.5) is 0 Å². The van der Waals surface area contributed by atoms with E-state index in [0.717, 1.165) is 45.4 Å². The molecule has 2 unspecified atom stereocenters. The predicted octanol–water partition coefficient (Wildman–Crippen LogP) is 2.32. The minimum Gasteiger partial charge on any atom is -0.378 e. The molecule has 0 spiro atoms. The van der Waals surface area contributed by atoms with E-state index < -0.39 is 0 Å². The van der Waals surface area contributed by atoms with Crippen LogP contribution in [0.5, 0.6) is 0 Å². The molecule has 0 aliphatic carbocycles. The molecule has 90 valence electrons. The summed E-state index contributed by atoms with van der Waals surface area (Å²) in [6.07, 6.45) is 6.86. The molecule has 2 heterocycles. The topological polar surface area (TPSA) is 36.3 Å². The molecule has 0 aromatic heterocycles. The zero-order valence-electron chi connectivity index (χ0n) is 10.2. The molecule has 0 aromatic carbocycles. The van der Waals surface area contributed by atoms with E-state index in [9.17, 15) is 5.26 Å². The highest BCUT2D eigenvalue weighted by Crippen LogP contribution is 2.34. The van der Waals surface area contributed by atoms with Gasteiger partial charge in [0, 0.05) is 19.4 Å². The number of nitrogens with zero attached hydrogens (tertiary/aromatic N) is 2. The summed E-state index contributed by atoms with van der Waals surface area (Å²) in [4.78, 5) is 2.40. The summed E-state index contributed by atoms with van der Waals surface area (Å²) in [6.45, 7) is 5.15. The quantitative estimate of drug-likeness (QED) is 0.735. The average molecular weight is 222 g/mol. The van der Waals surface area contributed by atoms with Crippen LogP contribution >= 0.6 is 0 Å². The van der Waals surface area contributed by atoms with Crippen LogP contribution in [0.3, 0.4) is 0 Å². The second-order valence-electron chi connectivity index (χ2n) is 5.07.